The number of aryl methyl sites for hydroxylation is 2. The van der Waals surface area contributed by atoms with Gasteiger partial charge in [0, 0.05) is 30.3 Å². The minimum absolute atomic E-state index is 0.0561. The summed E-state index contributed by atoms with van der Waals surface area (Å²) in [7, 11) is 0. The summed E-state index contributed by atoms with van der Waals surface area (Å²) in [6, 6.07) is 7.70. The number of nitrogens with two attached hydrogens (primary N) is 1. The molecular formula is C21H22N8OS2. The maximum atomic E-state index is 12.9. The maximum absolute atomic E-state index is 12.9. The number of carbonyl (C=O) groups is 1. The van der Waals surface area contributed by atoms with Crippen LogP contribution < -0.4 is 5.73 Å². The fourth-order valence-corrected chi connectivity index (χ4v) is 4.53. The first kappa shape index (κ1) is 22.0. The molecule has 1 aromatic carbocycles. The van der Waals surface area contributed by atoms with E-state index in [1.165, 1.54) is 11.8 Å². The molecule has 0 saturated carbocycles. The zero-order chi connectivity index (χ0) is 22.5. The van der Waals surface area contributed by atoms with Gasteiger partial charge in [-0.25, -0.2) is 9.97 Å². The molecule has 2 aromatic heterocycles. The van der Waals surface area contributed by atoms with Gasteiger partial charge in [-0.15, -0.1) is 10.2 Å². The molecule has 0 aliphatic carbocycles. The highest BCUT2D eigenvalue weighted by Gasteiger charge is 2.31. The Hall–Kier alpha value is -3.18. The van der Waals surface area contributed by atoms with Crippen LogP contribution in [0.2, 0.25) is 0 Å². The number of hydrogen-bond acceptors (Lipinski definition) is 9. The summed E-state index contributed by atoms with van der Waals surface area (Å²) in [6.45, 7) is 2.47. The molecule has 1 saturated heterocycles. The van der Waals surface area contributed by atoms with Gasteiger partial charge >= 0.3 is 0 Å². The van der Waals surface area contributed by atoms with Crippen molar-refractivity contribution in [1.82, 2.24) is 35.5 Å². The van der Waals surface area contributed by atoms with Crippen molar-refractivity contribution in [1.29, 1.82) is 0 Å². The van der Waals surface area contributed by atoms with E-state index in [0.717, 1.165) is 42.4 Å². The molecule has 0 spiro atoms. The predicted octanol–water partition coefficient (Wildman–Crippen LogP) is 3.16. The quantitative estimate of drug-likeness (QED) is 0.292. The van der Waals surface area contributed by atoms with Crippen LogP contribution in [-0.4, -0.2) is 52.3 Å². The van der Waals surface area contributed by atoms with Gasteiger partial charge in [0.2, 0.25) is 0 Å². The lowest BCUT2D eigenvalue weighted by atomic mass is 10.1. The van der Waals surface area contributed by atoms with E-state index in [4.69, 9.17) is 18.0 Å². The second-order valence-electron chi connectivity index (χ2n) is 7.36. The third-order valence-corrected chi connectivity index (χ3v) is 6.38. The minimum Gasteiger partial charge on any atom is -0.383 e. The molecule has 9 nitrogen and oxygen atoms in total. The SMILES string of the molecule is Cc1cnc(-c2cccc(/C=C3\SC(=S)N(CCCCCc4nn[nH]n4)C3=O)c2)nc1N. The third-order valence-electron chi connectivity index (χ3n) is 5.00. The van der Waals surface area contributed by atoms with E-state index >= 15 is 0 Å². The van der Waals surface area contributed by atoms with Crippen molar-refractivity contribution in [3.8, 4) is 11.4 Å². The van der Waals surface area contributed by atoms with E-state index in [-0.39, 0.29) is 5.91 Å². The Morgan fingerprint density at radius 3 is 2.94 bits per heavy atom. The number of aromatic nitrogens is 6. The largest absolute Gasteiger partial charge is 0.383 e. The topological polar surface area (TPSA) is 127 Å². The number of thiocarbonyl (C=S) groups is 1. The van der Waals surface area contributed by atoms with Crippen LogP contribution in [0.25, 0.3) is 17.5 Å². The average Bonchev–Trinajstić information content (AvgIpc) is 3.39. The lowest BCUT2D eigenvalue weighted by Gasteiger charge is -2.13. The summed E-state index contributed by atoms with van der Waals surface area (Å²) in [6.07, 6.45) is 7.07. The Morgan fingerprint density at radius 1 is 1.28 bits per heavy atom. The molecule has 1 aliphatic rings. The lowest BCUT2D eigenvalue weighted by molar-refractivity contribution is -0.122. The number of rotatable bonds is 8. The van der Waals surface area contributed by atoms with Crippen LogP contribution in [0.3, 0.4) is 0 Å². The fraction of sp³-hybridized carbons (Fsp3) is 0.286. The molecule has 1 fully saturated rings. The van der Waals surface area contributed by atoms with Crippen LogP contribution in [0.1, 0.15) is 36.2 Å². The van der Waals surface area contributed by atoms with Crippen molar-refractivity contribution in [3.05, 3.63) is 52.3 Å². The first-order valence-electron chi connectivity index (χ1n) is 10.2. The first-order valence-corrected chi connectivity index (χ1v) is 11.4. The number of amides is 1. The molecule has 3 N–H and O–H groups in total. The second kappa shape index (κ2) is 9.96. The fourth-order valence-electron chi connectivity index (χ4n) is 3.22. The zero-order valence-electron chi connectivity index (χ0n) is 17.5. The van der Waals surface area contributed by atoms with E-state index in [2.05, 4.69) is 30.6 Å². The van der Waals surface area contributed by atoms with Gasteiger partial charge in [-0.2, -0.15) is 5.21 Å². The molecule has 0 unspecified atom stereocenters. The molecule has 164 valence electrons. The normalized spacial score (nSPS) is 15.2. The van der Waals surface area contributed by atoms with Crippen LogP contribution >= 0.6 is 24.0 Å². The minimum atomic E-state index is -0.0561. The van der Waals surface area contributed by atoms with Gasteiger partial charge in [0.1, 0.15) is 10.1 Å². The van der Waals surface area contributed by atoms with E-state index < -0.39 is 0 Å². The molecular weight excluding hydrogens is 444 g/mol. The molecule has 3 aromatic rings. The highest BCUT2D eigenvalue weighted by atomic mass is 32.2. The van der Waals surface area contributed by atoms with Gasteiger partial charge in [-0.1, -0.05) is 53.8 Å². The number of nitrogens with zero attached hydrogens (tertiary/aromatic N) is 6. The van der Waals surface area contributed by atoms with Gasteiger partial charge in [0.25, 0.3) is 5.91 Å². The number of benzene rings is 1. The van der Waals surface area contributed by atoms with Crippen molar-refractivity contribution < 1.29 is 4.79 Å². The number of nitrogens with one attached hydrogen (secondary N) is 1. The highest BCUT2D eigenvalue weighted by Crippen LogP contribution is 2.33. The maximum Gasteiger partial charge on any atom is 0.266 e. The number of H-pyrrole nitrogens is 1. The second-order valence-corrected chi connectivity index (χ2v) is 9.04. The van der Waals surface area contributed by atoms with E-state index in [0.29, 0.717) is 33.2 Å². The van der Waals surface area contributed by atoms with Crippen LogP contribution in [0.5, 0.6) is 0 Å². The van der Waals surface area contributed by atoms with Crippen molar-refractivity contribution in [2.45, 2.75) is 32.6 Å². The molecule has 4 rings (SSSR count). The first-order chi connectivity index (χ1) is 15.5. The van der Waals surface area contributed by atoms with Gasteiger partial charge in [-0.05, 0) is 37.5 Å². The lowest BCUT2D eigenvalue weighted by Crippen LogP contribution is -2.29. The van der Waals surface area contributed by atoms with Crippen molar-refractivity contribution in [2.24, 2.45) is 0 Å². The van der Waals surface area contributed by atoms with Crippen LogP contribution in [0.4, 0.5) is 5.82 Å². The monoisotopic (exact) mass is 466 g/mol. The van der Waals surface area contributed by atoms with Gasteiger partial charge in [0.05, 0.1) is 4.91 Å². The molecule has 3 heterocycles. The molecule has 1 amide bonds. The van der Waals surface area contributed by atoms with Crippen LogP contribution in [0, 0.1) is 6.92 Å². The number of unbranched alkanes of at least 4 members (excludes halogenated alkanes) is 2. The molecule has 11 heteroatoms. The molecule has 32 heavy (non-hydrogen) atoms. The standard InChI is InChI=1S/C21H22N8OS2/c1-13-12-23-19(24-18(13)22)15-7-5-6-14(10-15)11-16-20(30)29(21(31)32-16)9-4-2-3-8-17-25-27-28-26-17/h5-7,10-12H,2-4,8-9H2,1H3,(H2,22,23,24)(H,25,26,27,28)/b16-11-. The van der Waals surface area contributed by atoms with Crippen LogP contribution in [-0.2, 0) is 11.2 Å². The van der Waals surface area contributed by atoms with Crippen LogP contribution in [0.15, 0.2) is 35.4 Å². The number of anilines is 1. The number of thioether (sulfide) groups is 1. The Morgan fingerprint density at radius 2 is 2.16 bits per heavy atom. The van der Waals surface area contributed by atoms with Gasteiger partial charge in [-0.3, -0.25) is 9.69 Å². The average molecular weight is 467 g/mol. The summed E-state index contributed by atoms with van der Waals surface area (Å²) in [5.41, 5.74) is 8.47. The number of nitrogen functional groups attached to an aromatic ring is 1. The number of hydrogen-bond donors (Lipinski definition) is 2. The third kappa shape index (κ3) is 5.17. The highest BCUT2D eigenvalue weighted by molar-refractivity contribution is 8.26. The summed E-state index contributed by atoms with van der Waals surface area (Å²) in [5, 5.41) is 13.9. The summed E-state index contributed by atoms with van der Waals surface area (Å²) in [4.78, 5) is 23.9. The Balaban J connectivity index is 1.38. The van der Waals surface area contributed by atoms with Crippen molar-refractivity contribution >= 4 is 46.1 Å². The Bertz CT molecular complexity index is 1160. The molecule has 0 bridgehead atoms. The number of aromatic amines is 1. The predicted molar refractivity (Wildman–Crippen MR) is 128 cm³/mol. The van der Waals surface area contributed by atoms with E-state index in [1.807, 2.05) is 37.3 Å². The van der Waals surface area contributed by atoms with Gasteiger partial charge < -0.3 is 5.73 Å². The summed E-state index contributed by atoms with van der Waals surface area (Å²) >= 11 is 6.77. The number of carbonyl (C=O) groups excluding carboxylic acids is 1. The van der Waals surface area contributed by atoms with Gasteiger partial charge in [0.15, 0.2) is 11.6 Å². The zero-order valence-corrected chi connectivity index (χ0v) is 19.1. The summed E-state index contributed by atoms with van der Waals surface area (Å²) in [5.74, 6) is 1.66. The Labute approximate surface area is 194 Å². The number of tetrazole rings is 1. The van der Waals surface area contributed by atoms with Crippen molar-refractivity contribution in [2.75, 3.05) is 12.3 Å². The van der Waals surface area contributed by atoms with Crippen molar-refractivity contribution in [3.63, 3.8) is 0 Å². The Kier molecular flexibility index (Phi) is 6.86. The smallest absolute Gasteiger partial charge is 0.266 e. The van der Waals surface area contributed by atoms with E-state index in [1.54, 1.807) is 11.1 Å². The molecule has 0 atom stereocenters. The summed E-state index contributed by atoms with van der Waals surface area (Å²) < 4.78 is 0.588. The molecule has 0 radical (unpaired) electrons. The van der Waals surface area contributed by atoms with E-state index in [9.17, 15) is 4.79 Å². The molecule has 1 aliphatic heterocycles.